The highest BCUT2D eigenvalue weighted by Crippen LogP contribution is 2.35. The van der Waals surface area contributed by atoms with Crippen molar-refractivity contribution in [3.8, 4) is 17.1 Å². The highest BCUT2D eigenvalue weighted by Gasteiger charge is 2.21. The van der Waals surface area contributed by atoms with Crippen molar-refractivity contribution in [3.05, 3.63) is 99.9 Å². The zero-order valence-electron chi connectivity index (χ0n) is 18.8. The molecule has 0 aliphatic heterocycles. The fraction of sp³-hybridized carbons (Fsp3) is 0.154. The highest BCUT2D eigenvalue weighted by molar-refractivity contribution is 7.99. The van der Waals surface area contributed by atoms with Crippen LogP contribution in [0.5, 0.6) is 0 Å². The van der Waals surface area contributed by atoms with E-state index in [1.165, 1.54) is 22.4 Å². The summed E-state index contributed by atoms with van der Waals surface area (Å²) in [5.74, 6) is 0.447. The summed E-state index contributed by atoms with van der Waals surface area (Å²) in [6.07, 6.45) is 0. The first-order valence-corrected chi connectivity index (χ1v) is 11.6. The van der Waals surface area contributed by atoms with Gasteiger partial charge in [-0.25, -0.2) is 9.37 Å². The Bertz CT molecular complexity index is 1580. The van der Waals surface area contributed by atoms with Crippen LogP contribution >= 0.6 is 11.8 Å². The molecule has 0 spiro atoms. The first-order valence-electron chi connectivity index (χ1n) is 10.8. The van der Waals surface area contributed by atoms with E-state index < -0.39 is 0 Å². The van der Waals surface area contributed by atoms with Gasteiger partial charge >= 0.3 is 0 Å². The molecular weight excluding hydrogens is 451 g/mol. The van der Waals surface area contributed by atoms with Gasteiger partial charge in [-0.15, -0.1) is 10.2 Å². The van der Waals surface area contributed by atoms with Crippen molar-refractivity contribution < 1.29 is 8.81 Å². The first kappa shape index (κ1) is 22.0. The van der Waals surface area contributed by atoms with Crippen molar-refractivity contribution in [3.63, 3.8) is 0 Å². The van der Waals surface area contributed by atoms with Crippen molar-refractivity contribution in [2.24, 2.45) is 0 Å². The molecule has 2 aromatic heterocycles. The van der Waals surface area contributed by atoms with Gasteiger partial charge in [0.05, 0.1) is 21.8 Å². The smallest absolute Gasteiger partial charge is 0.266 e. The van der Waals surface area contributed by atoms with Gasteiger partial charge in [0, 0.05) is 5.56 Å². The van der Waals surface area contributed by atoms with Crippen LogP contribution in [0.2, 0.25) is 0 Å². The lowest BCUT2D eigenvalue weighted by atomic mass is 10.1. The van der Waals surface area contributed by atoms with Crippen LogP contribution in [-0.4, -0.2) is 19.7 Å². The Morgan fingerprint density at radius 3 is 2.62 bits per heavy atom. The highest BCUT2D eigenvalue weighted by atomic mass is 32.2. The van der Waals surface area contributed by atoms with Crippen LogP contribution in [0.3, 0.4) is 0 Å². The second-order valence-electron chi connectivity index (χ2n) is 8.06. The molecule has 0 aliphatic carbocycles. The van der Waals surface area contributed by atoms with E-state index in [9.17, 15) is 9.18 Å². The number of halogens is 1. The normalized spacial score (nSPS) is 12.2. The van der Waals surface area contributed by atoms with E-state index in [1.807, 2.05) is 44.2 Å². The van der Waals surface area contributed by atoms with E-state index in [-0.39, 0.29) is 16.6 Å². The van der Waals surface area contributed by atoms with Gasteiger partial charge in [-0.1, -0.05) is 47.7 Å². The van der Waals surface area contributed by atoms with E-state index in [0.717, 1.165) is 11.1 Å². The van der Waals surface area contributed by atoms with Crippen molar-refractivity contribution >= 4 is 22.7 Å². The summed E-state index contributed by atoms with van der Waals surface area (Å²) in [7, 11) is 0. The predicted molar refractivity (Wildman–Crippen MR) is 131 cm³/mol. The standard InChI is InChI=1S/C26H21FN4O2S/c1-15-7-6-8-18(13-15)24-30-29-23(33-24)17(3)34-26-28-22-10-5-4-9-20(22)25(32)31(26)19-12-11-16(2)21(27)14-19/h4-14,17H,1-3H3. The van der Waals surface area contributed by atoms with E-state index in [0.29, 0.717) is 39.1 Å². The zero-order valence-corrected chi connectivity index (χ0v) is 19.6. The predicted octanol–water partition coefficient (Wildman–Crippen LogP) is 6.04. The molecule has 1 atom stereocenters. The molecule has 6 nitrogen and oxygen atoms in total. The third-order valence-electron chi connectivity index (χ3n) is 5.49. The number of aromatic nitrogens is 4. The van der Waals surface area contributed by atoms with E-state index in [1.54, 1.807) is 37.3 Å². The van der Waals surface area contributed by atoms with Crippen molar-refractivity contribution in [2.75, 3.05) is 0 Å². The number of thioether (sulfide) groups is 1. The molecule has 0 aliphatic rings. The molecule has 5 aromatic rings. The number of aryl methyl sites for hydroxylation is 2. The lowest BCUT2D eigenvalue weighted by Gasteiger charge is -2.15. The Labute approximate surface area is 199 Å². The maximum atomic E-state index is 14.4. The molecule has 5 rings (SSSR count). The second-order valence-corrected chi connectivity index (χ2v) is 9.37. The fourth-order valence-corrected chi connectivity index (χ4v) is 4.60. The van der Waals surface area contributed by atoms with Gasteiger partial charge in [0.1, 0.15) is 5.82 Å². The average Bonchev–Trinajstić information content (AvgIpc) is 3.32. The Kier molecular flexibility index (Phi) is 5.75. The fourth-order valence-electron chi connectivity index (χ4n) is 3.64. The molecule has 0 saturated heterocycles. The summed E-state index contributed by atoms with van der Waals surface area (Å²) in [4.78, 5) is 18.1. The van der Waals surface area contributed by atoms with Crippen molar-refractivity contribution in [1.82, 2.24) is 19.7 Å². The maximum absolute atomic E-state index is 14.4. The minimum absolute atomic E-state index is 0.269. The second kappa shape index (κ2) is 8.87. The van der Waals surface area contributed by atoms with Crippen molar-refractivity contribution in [1.29, 1.82) is 0 Å². The summed E-state index contributed by atoms with van der Waals surface area (Å²) < 4.78 is 21.8. The number of para-hydroxylation sites is 1. The zero-order chi connectivity index (χ0) is 23.8. The molecule has 2 heterocycles. The number of hydrogen-bond acceptors (Lipinski definition) is 6. The van der Waals surface area contributed by atoms with Crippen LogP contribution in [-0.2, 0) is 0 Å². The van der Waals surface area contributed by atoms with E-state index in [2.05, 4.69) is 10.2 Å². The summed E-state index contributed by atoms with van der Waals surface area (Å²) in [6, 6.07) is 19.7. The molecule has 0 bridgehead atoms. The molecule has 3 aromatic carbocycles. The molecule has 0 N–H and O–H groups in total. The SMILES string of the molecule is Cc1cccc(-c2nnc(C(C)Sc3nc4ccccc4c(=O)n3-c3ccc(C)c(F)c3)o2)c1. The minimum Gasteiger partial charge on any atom is -0.419 e. The van der Waals surface area contributed by atoms with Gasteiger partial charge in [-0.3, -0.25) is 9.36 Å². The summed E-state index contributed by atoms with van der Waals surface area (Å²) >= 11 is 1.30. The summed E-state index contributed by atoms with van der Waals surface area (Å²) in [6.45, 7) is 5.58. The van der Waals surface area contributed by atoms with Gasteiger partial charge in [0.25, 0.3) is 5.56 Å². The Morgan fingerprint density at radius 1 is 1.00 bits per heavy atom. The van der Waals surface area contributed by atoms with Crippen LogP contribution in [0.4, 0.5) is 4.39 Å². The van der Waals surface area contributed by atoms with E-state index in [4.69, 9.17) is 9.40 Å². The van der Waals surface area contributed by atoms with Crippen LogP contribution in [0.15, 0.2) is 81.1 Å². The first-order chi connectivity index (χ1) is 16.4. The summed E-state index contributed by atoms with van der Waals surface area (Å²) in [5, 5.41) is 8.97. The maximum Gasteiger partial charge on any atom is 0.266 e. The molecule has 0 fully saturated rings. The van der Waals surface area contributed by atoms with Crippen LogP contribution in [0.25, 0.3) is 28.0 Å². The molecule has 0 amide bonds. The van der Waals surface area contributed by atoms with Gasteiger partial charge in [-0.2, -0.15) is 0 Å². The Balaban J connectivity index is 1.57. The largest absolute Gasteiger partial charge is 0.419 e. The average molecular weight is 473 g/mol. The minimum atomic E-state index is -0.388. The quantitative estimate of drug-likeness (QED) is 0.229. The van der Waals surface area contributed by atoms with Crippen LogP contribution in [0.1, 0.15) is 29.2 Å². The number of rotatable bonds is 5. The topological polar surface area (TPSA) is 73.8 Å². The molecule has 170 valence electrons. The number of hydrogen-bond donors (Lipinski definition) is 0. The summed E-state index contributed by atoms with van der Waals surface area (Å²) in [5.41, 5.74) is 3.14. The molecule has 8 heteroatoms. The van der Waals surface area contributed by atoms with Crippen LogP contribution in [0, 0.1) is 19.7 Å². The molecule has 0 radical (unpaired) electrons. The molecule has 0 saturated carbocycles. The lowest BCUT2D eigenvalue weighted by Crippen LogP contribution is -2.22. The van der Waals surface area contributed by atoms with Gasteiger partial charge in [-0.05, 0) is 62.7 Å². The monoisotopic (exact) mass is 472 g/mol. The number of benzene rings is 3. The molecule has 1 unspecified atom stereocenters. The number of fused-ring (bicyclic) bond motifs is 1. The van der Waals surface area contributed by atoms with E-state index >= 15 is 0 Å². The molecular formula is C26H21FN4O2S. The third kappa shape index (κ3) is 4.12. The Morgan fingerprint density at radius 2 is 1.82 bits per heavy atom. The van der Waals surface area contributed by atoms with Gasteiger partial charge in [0.15, 0.2) is 5.16 Å². The Hall–Kier alpha value is -3.78. The van der Waals surface area contributed by atoms with Crippen LogP contribution < -0.4 is 5.56 Å². The van der Waals surface area contributed by atoms with Crippen molar-refractivity contribution in [2.45, 2.75) is 31.2 Å². The molecule has 34 heavy (non-hydrogen) atoms. The third-order valence-corrected chi connectivity index (χ3v) is 6.53. The van der Waals surface area contributed by atoms with Gasteiger partial charge < -0.3 is 4.42 Å². The number of nitrogens with zero attached hydrogens (tertiary/aromatic N) is 4. The van der Waals surface area contributed by atoms with Gasteiger partial charge in [0.2, 0.25) is 11.8 Å². The lowest BCUT2D eigenvalue weighted by molar-refractivity contribution is 0.508.